The van der Waals surface area contributed by atoms with E-state index in [0.717, 1.165) is 10.6 Å². The summed E-state index contributed by atoms with van der Waals surface area (Å²) in [5.74, 6) is 1.32. The number of oxazole rings is 1. The van der Waals surface area contributed by atoms with Gasteiger partial charge in [0.05, 0.1) is 6.20 Å². The number of nitrogens with one attached hydrogen (secondary N) is 1. The van der Waals surface area contributed by atoms with Crippen LogP contribution in [0, 0.1) is 0 Å². The number of thiazole rings is 1. The van der Waals surface area contributed by atoms with Gasteiger partial charge >= 0.3 is 6.09 Å². The third kappa shape index (κ3) is 3.67. The Kier molecular flexibility index (Phi) is 3.89. The lowest BCUT2D eigenvalue weighted by molar-refractivity contribution is 0.209. The molecule has 0 aliphatic heterocycles. The van der Waals surface area contributed by atoms with Gasteiger partial charge in [0, 0.05) is 22.6 Å². The molecule has 0 aromatic carbocycles. The molecule has 0 aliphatic carbocycles. The summed E-state index contributed by atoms with van der Waals surface area (Å²) in [6.07, 6.45) is 5.68. The minimum absolute atomic E-state index is 0.0812. The highest BCUT2D eigenvalue weighted by molar-refractivity contribution is 7.16. The maximum atomic E-state index is 10.5. The Hall–Kier alpha value is -2.15. The Bertz CT molecular complexity index is 637. The number of carboxylic acid groups (broad SMARTS) is 1. The number of rotatable bonds is 3. The lowest BCUT2D eigenvalue weighted by atomic mass is 9.94. The average molecular weight is 293 g/mol. The second-order valence-electron chi connectivity index (χ2n) is 5.14. The molecule has 1 amide bonds. The van der Waals surface area contributed by atoms with Crippen molar-refractivity contribution >= 4 is 34.7 Å². The molecule has 0 fully saturated rings. The van der Waals surface area contributed by atoms with E-state index in [1.54, 1.807) is 24.5 Å². The Labute approximate surface area is 120 Å². The fourth-order valence-electron chi connectivity index (χ4n) is 1.38. The van der Waals surface area contributed by atoms with Crippen molar-refractivity contribution in [3.63, 3.8) is 0 Å². The fourth-order valence-corrected chi connectivity index (χ4v) is 2.09. The van der Waals surface area contributed by atoms with Gasteiger partial charge in [0.15, 0.2) is 5.13 Å². The van der Waals surface area contributed by atoms with Crippen LogP contribution in [0.1, 0.15) is 37.3 Å². The minimum atomic E-state index is -1.13. The molecule has 6 nitrogen and oxygen atoms in total. The second kappa shape index (κ2) is 5.46. The van der Waals surface area contributed by atoms with E-state index >= 15 is 0 Å². The van der Waals surface area contributed by atoms with Gasteiger partial charge < -0.3 is 9.52 Å². The summed E-state index contributed by atoms with van der Waals surface area (Å²) in [4.78, 5) is 19.4. The monoisotopic (exact) mass is 293 g/mol. The van der Waals surface area contributed by atoms with Crippen LogP contribution < -0.4 is 5.32 Å². The molecule has 0 atom stereocenters. The fraction of sp³-hybridized carbons (Fsp3) is 0.308. The van der Waals surface area contributed by atoms with Crippen molar-refractivity contribution in [3.8, 4) is 0 Å². The standard InChI is InChI=1S/C13H15N3O3S/c1-13(2,3)9-7-14-10(19-9)5-4-8-6-15-11(20-8)16-12(17)18/h4-7H,1-3H3,(H,15,16)(H,17,18). The Morgan fingerprint density at radius 1 is 1.35 bits per heavy atom. The van der Waals surface area contributed by atoms with E-state index in [1.807, 2.05) is 20.8 Å². The Balaban J connectivity index is 2.07. The Morgan fingerprint density at radius 3 is 2.70 bits per heavy atom. The van der Waals surface area contributed by atoms with Crippen molar-refractivity contribution in [2.75, 3.05) is 5.32 Å². The van der Waals surface area contributed by atoms with Crippen molar-refractivity contribution in [3.05, 3.63) is 28.9 Å². The summed E-state index contributed by atoms with van der Waals surface area (Å²) in [6, 6.07) is 0. The highest BCUT2D eigenvalue weighted by Gasteiger charge is 2.18. The quantitative estimate of drug-likeness (QED) is 0.901. The molecular weight excluding hydrogens is 278 g/mol. The maximum absolute atomic E-state index is 10.5. The van der Waals surface area contributed by atoms with Crippen LogP contribution in [0.15, 0.2) is 16.8 Å². The summed E-state index contributed by atoms with van der Waals surface area (Å²) in [5, 5.41) is 11.1. The van der Waals surface area contributed by atoms with Crippen LogP contribution in [-0.2, 0) is 5.41 Å². The van der Waals surface area contributed by atoms with Gasteiger partial charge in [0.25, 0.3) is 0 Å². The van der Waals surface area contributed by atoms with Crippen LogP contribution >= 0.6 is 11.3 Å². The van der Waals surface area contributed by atoms with Crippen molar-refractivity contribution in [2.24, 2.45) is 0 Å². The van der Waals surface area contributed by atoms with E-state index in [9.17, 15) is 4.79 Å². The number of nitrogens with zero attached hydrogens (tertiary/aromatic N) is 2. The molecule has 7 heteroatoms. The lowest BCUT2D eigenvalue weighted by Gasteiger charge is -2.12. The highest BCUT2D eigenvalue weighted by Crippen LogP contribution is 2.24. The molecule has 20 heavy (non-hydrogen) atoms. The van der Waals surface area contributed by atoms with Gasteiger partial charge in [0.2, 0.25) is 5.89 Å². The normalized spacial score (nSPS) is 11.9. The predicted molar refractivity (Wildman–Crippen MR) is 77.9 cm³/mol. The Morgan fingerprint density at radius 2 is 2.10 bits per heavy atom. The number of amides is 1. The van der Waals surface area contributed by atoms with E-state index in [2.05, 4.69) is 15.3 Å². The first-order chi connectivity index (χ1) is 9.34. The molecule has 0 radical (unpaired) electrons. The second-order valence-corrected chi connectivity index (χ2v) is 6.21. The lowest BCUT2D eigenvalue weighted by Crippen LogP contribution is -2.09. The van der Waals surface area contributed by atoms with E-state index in [1.165, 1.54) is 11.3 Å². The first-order valence-electron chi connectivity index (χ1n) is 5.95. The van der Waals surface area contributed by atoms with Gasteiger partial charge in [-0.25, -0.2) is 14.8 Å². The van der Waals surface area contributed by atoms with Crippen LogP contribution in [0.2, 0.25) is 0 Å². The summed E-state index contributed by atoms with van der Waals surface area (Å²) in [6.45, 7) is 6.15. The van der Waals surface area contributed by atoms with E-state index in [-0.39, 0.29) is 5.41 Å². The molecule has 0 unspecified atom stereocenters. The smallest absolute Gasteiger partial charge is 0.410 e. The largest absolute Gasteiger partial charge is 0.465 e. The first kappa shape index (κ1) is 14.3. The van der Waals surface area contributed by atoms with E-state index < -0.39 is 6.09 Å². The summed E-state index contributed by atoms with van der Waals surface area (Å²) in [7, 11) is 0. The zero-order valence-electron chi connectivity index (χ0n) is 11.4. The molecular formula is C13H15N3O3S. The SMILES string of the molecule is CC(C)(C)c1cnc(C=Cc2cnc(NC(=O)O)s2)o1. The average Bonchev–Trinajstić information content (AvgIpc) is 2.93. The maximum Gasteiger partial charge on any atom is 0.410 e. The van der Waals surface area contributed by atoms with E-state index in [4.69, 9.17) is 9.52 Å². The van der Waals surface area contributed by atoms with Crippen LogP contribution in [0.3, 0.4) is 0 Å². The van der Waals surface area contributed by atoms with Crippen LogP contribution in [0.5, 0.6) is 0 Å². The molecule has 0 bridgehead atoms. The topological polar surface area (TPSA) is 88.2 Å². The zero-order valence-corrected chi connectivity index (χ0v) is 12.2. The van der Waals surface area contributed by atoms with Crippen molar-refractivity contribution in [1.82, 2.24) is 9.97 Å². The molecule has 0 aliphatic rings. The van der Waals surface area contributed by atoms with Gasteiger partial charge in [-0.3, -0.25) is 5.32 Å². The number of hydrogen-bond donors (Lipinski definition) is 2. The molecule has 2 heterocycles. The molecule has 2 aromatic heterocycles. The van der Waals surface area contributed by atoms with Crippen molar-refractivity contribution in [2.45, 2.75) is 26.2 Å². The van der Waals surface area contributed by atoms with Gasteiger partial charge in [-0.2, -0.15) is 0 Å². The minimum Gasteiger partial charge on any atom is -0.465 e. The third-order valence-electron chi connectivity index (χ3n) is 2.39. The molecule has 2 aromatic rings. The highest BCUT2D eigenvalue weighted by atomic mass is 32.1. The summed E-state index contributed by atoms with van der Waals surface area (Å²) in [5.41, 5.74) is -0.0812. The van der Waals surface area contributed by atoms with Crippen LogP contribution in [-0.4, -0.2) is 21.2 Å². The number of carbonyl (C=O) groups is 1. The van der Waals surface area contributed by atoms with Crippen LogP contribution in [0.25, 0.3) is 12.2 Å². The van der Waals surface area contributed by atoms with Gasteiger partial charge in [-0.1, -0.05) is 32.1 Å². The van der Waals surface area contributed by atoms with Gasteiger partial charge in [-0.15, -0.1) is 0 Å². The van der Waals surface area contributed by atoms with E-state index in [0.29, 0.717) is 11.0 Å². The first-order valence-corrected chi connectivity index (χ1v) is 6.76. The molecule has 0 spiro atoms. The van der Waals surface area contributed by atoms with Crippen molar-refractivity contribution < 1.29 is 14.3 Å². The molecule has 0 saturated heterocycles. The number of aromatic nitrogens is 2. The molecule has 106 valence electrons. The van der Waals surface area contributed by atoms with Crippen molar-refractivity contribution in [1.29, 1.82) is 0 Å². The molecule has 2 rings (SSSR count). The molecule has 2 N–H and O–H groups in total. The summed E-state index contributed by atoms with van der Waals surface area (Å²) >= 11 is 1.23. The number of hydrogen-bond acceptors (Lipinski definition) is 5. The van der Waals surface area contributed by atoms with Gasteiger partial charge in [0.1, 0.15) is 5.76 Å². The number of anilines is 1. The predicted octanol–water partition coefficient (Wildman–Crippen LogP) is 3.69. The molecule has 0 saturated carbocycles. The van der Waals surface area contributed by atoms with Gasteiger partial charge in [-0.05, 0) is 6.08 Å². The third-order valence-corrected chi connectivity index (χ3v) is 3.27. The zero-order chi connectivity index (χ0) is 14.8. The van der Waals surface area contributed by atoms with Crippen LogP contribution in [0.4, 0.5) is 9.93 Å². The summed E-state index contributed by atoms with van der Waals surface area (Å²) < 4.78 is 5.62.